The highest BCUT2D eigenvalue weighted by molar-refractivity contribution is 9.10. The summed E-state index contributed by atoms with van der Waals surface area (Å²) in [5.74, 6) is 0.859. The summed E-state index contributed by atoms with van der Waals surface area (Å²) < 4.78 is 6.16. The molecule has 0 saturated carbocycles. The van der Waals surface area contributed by atoms with Crippen LogP contribution in [0.3, 0.4) is 0 Å². The summed E-state index contributed by atoms with van der Waals surface area (Å²) in [5.41, 5.74) is 8.81. The van der Waals surface area contributed by atoms with Crippen molar-refractivity contribution in [2.75, 3.05) is 18.2 Å². The molecular formula is C15H17BrN2O. The first-order valence-corrected chi connectivity index (χ1v) is 6.85. The van der Waals surface area contributed by atoms with Crippen LogP contribution in [-0.4, -0.2) is 7.11 Å². The fraction of sp³-hybridized carbons (Fsp3) is 0.200. The summed E-state index contributed by atoms with van der Waals surface area (Å²) >= 11 is 3.45. The van der Waals surface area contributed by atoms with Gasteiger partial charge in [0.15, 0.2) is 0 Å². The Morgan fingerprint density at radius 2 is 1.84 bits per heavy atom. The van der Waals surface area contributed by atoms with E-state index in [0.29, 0.717) is 0 Å². The molecule has 4 heteroatoms. The third kappa shape index (κ3) is 3.41. The highest BCUT2D eigenvalue weighted by Crippen LogP contribution is 2.28. The highest BCUT2D eigenvalue weighted by atomic mass is 79.9. The van der Waals surface area contributed by atoms with Gasteiger partial charge in [0.2, 0.25) is 0 Å². The normalized spacial score (nSPS) is 11.9. The molecule has 2 aromatic rings. The van der Waals surface area contributed by atoms with Gasteiger partial charge in [-0.3, -0.25) is 0 Å². The zero-order valence-corrected chi connectivity index (χ0v) is 12.6. The molecule has 3 nitrogen and oxygen atoms in total. The van der Waals surface area contributed by atoms with Crippen LogP contribution in [0.2, 0.25) is 0 Å². The molecule has 0 aliphatic heterocycles. The molecule has 0 fully saturated rings. The minimum Gasteiger partial charge on any atom is -0.497 e. The van der Waals surface area contributed by atoms with Gasteiger partial charge in [-0.25, -0.2) is 0 Å². The predicted octanol–water partition coefficient (Wildman–Crippen LogP) is 4.21. The highest BCUT2D eigenvalue weighted by Gasteiger charge is 2.08. The lowest BCUT2D eigenvalue weighted by Gasteiger charge is -2.17. The molecule has 100 valence electrons. The zero-order chi connectivity index (χ0) is 13.8. The van der Waals surface area contributed by atoms with Crippen LogP contribution in [-0.2, 0) is 0 Å². The molecule has 0 aromatic heterocycles. The van der Waals surface area contributed by atoms with Crippen LogP contribution in [0, 0.1) is 0 Å². The van der Waals surface area contributed by atoms with Crippen LogP contribution in [0.4, 0.5) is 11.4 Å². The van der Waals surface area contributed by atoms with Crippen molar-refractivity contribution in [1.29, 1.82) is 0 Å². The van der Waals surface area contributed by atoms with Crippen molar-refractivity contribution in [2.24, 2.45) is 0 Å². The van der Waals surface area contributed by atoms with Gasteiger partial charge < -0.3 is 15.8 Å². The summed E-state index contributed by atoms with van der Waals surface area (Å²) in [7, 11) is 1.67. The molecule has 1 unspecified atom stereocenters. The van der Waals surface area contributed by atoms with Crippen LogP contribution in [0.15, 0.2) is 46.9 Å². The Morgan fingerprint density at radius 1 is 1.16 bits per heavy atom. The van der Waals surface area contributed by atoms with E-state index >= 15 is 0 Å². The number of halogens is 1. The fourth-order valence-electron chi connectivity index (χ4n) is 1.86. The number of hydrogen-bond donors (Lipinski definition) is 2. The Morgan fingerprint density at radius 3 is 2.47 bits per heavy atom. The van der Waals surface area contributed by atoms with Crippen LogP contribution in [0.5, 0.6) is 5.75 Å². The molecule has 3 N–H and O–H groups in total. The van der Waals surface area contributed by atoms with Crippen LogP contribution in [0.1, 0.15) is 18.5 Å². The Balaban J connectivity index is 2.15. The van der Waals surface area contributed by atoms with E-state index < -0.39 is 0 Å². The lowest BCUT2D eigenvalue weighted by atomic mass is 10.1. The van der Waals surface area contributed by atoms with E-state index in [1.54, 1.807) is 7.11 Å². The van der Waals surface area contributed by atoms with Crippen LogP contribution < -0.4 is 15.8 Å². The van der Waals surface area contributed by atoms with Crippen LogP contribution in [0.25, 0.3) is 0 Å². The van der Waals surface area contributed by atoms with E-state index in [0.717, 1.165) is 21.6 Å². The zero-order valence-electron chi connectivity index (χ0n) is 11.0. The van der Waals surface area contributed by atoms with Gasteiger partial charge in [-0.05, 0) is 42.8 Å². The molecule has 1 atom stereocenters. The molecule has 0 amide bonds. The quantitative estimate of drug-likeness (QED) is 0.829. The number of anilines is 2. The summed E-state index contributed by atoms with van der Waals surface area (Å²) in [6.07, 6.45) is 0. The SMILES string of the molecule is COc1ccc(C(C)Nc2cc(Br)ccc2N)cc1. The van der Waals surface area contributed by atoms with Gasteiger partial charge in [0.1, 0.15) is 5.75 Å². The number of benzene rings is 2. The average molecular weight is 321 g/mol. The largest absolute Gasteiger partial charge is 0.497 e. The minimum absolute atomic E-state index is 0.169. The van der Waals surface area contributed by atoms with Crippen molar-refractivity contribution >= 4 is 27.3 Å². The summed E-state index contributed by atoms with van der Waals surface area (Å²) in [6.45, 7) is 2.10. The lowest BCUT2D eigenvalue weighted by Crippen LogP contribution is -2.08. The van der Waals surface area contributed by atoms with Gasteiger partial charge in [-0.1, -0.05) is 28.1 Å². The number of nitrogens with one attached hydrogen (secondary N) is 1. The first-order valence-electron chi connectivity index (χ1n) is 6.05. The molecule has 0 bridgehead atoms. The standard InChI is InChI=1S/C15H17BrN2O/c1-10(11-3-6-13(19-2)7-4-11)18-15-9-12(16)5-8-14(15)17/h3-10,18H,17H2,1-2H3. The van der Waals surface area contributed by atoms with E-state index in [2.05, 4.69) is 28.2 Å². The van der Waals surface area contributed by atoms with Gasteiger partial charge in [0.05, 0.1) is 18.5 Å². The summed E-state index contributed by atoms with van der Waals surface area (Å²) in [6, 6.07) is 14.0. The lowest BCUT2D eigenvalue weighted by molar-refractivity contribution is 0.414. The molecule has 2 rings (SSSR count). The van der Waals surface area contributed by atoms with Gasteiger partial charge >= 0.3 is 0 Å². The average Bonchev–Trinajstić information content (AvgIpc) is 2.43. The number of nitrogens with two attached hydrogens (primary N) is 1. The van der Waals surface area contributed by atoms with Crippen molar-refractivity contribution in [2.45, 2.75) is 13.0 Å². The third-order valence-electron chi connectivity index (χ3n) is 3.00. The molecule has 0 spiro atoms. The molecule has 0 radical (unpaired) electrons. The molecule has 2 aromatic carbocycles. The van der Waals surface area contributed by atoms with E-state index in [1.807, 2.05) is 42.5 Å². The van der Waals surface area contributed by atoms with Crippen molar-refractivity contribution < 1.29 is 4.74 Å². The Bertz CT molecular complexity index is 555. The Hall–Kier alpha value is -1.68. The van der Waals surface area contributed by atoms with Gasteiger partial charge in [-0.15, -0.1) is 0 Å². The minimum atomic E-state index is 0.169. The molecule has 0 heterocycles. The molecule has 19 heavy (non-hydrogen) atoms. The second-order valence-electron chi connectivity index (χ2n) is 4.37. The van der Waals surface area contributed by atoms with E-state index in [1.165, 1.54) is 5.56 Å². The summed E-state index contributed by atoms with van der Waals surface area (Å²) in [4.78, 5) is 0. The maximum absolute atomic E-state index is 5.96. The van der Waals surface area contributed by atoms with Gasteiger partial charge in [0, 0.05) is 10.5 Å². The maximum atomic E-state index is 5.96. The van der Waals surface area contributed by atoms with Crippen molar-refractivity contribution in [3.63, 3.8) is 0 Å². The second-order valence-corrected chi connectivity index (χ2v) is 5.29. The molecule has 0 aliphatic carbocycles. The Labute approximate surface area is 121 Å². The Kier molecular flexibility index (Phi) is 4.32. The van der Waals surface area contributed by atoms with E-state index in [9.17, 15) is 0 Å². The topological polar surface area (TPSA) is 47.3 Å². The first kappa shape index (κ1) is 13.7. The van der Waals surface area contributed by atoms with Gasteiger partial charge in [-0.2, -0.15) is 0 Å². The van der Waals surface area contributed by atoms with Gasteiger partial charge in [0.25, 0.3) is 0 Å². The third-order valence-corrected chi connectivity index (χ3v) is 3.50. The monoisotopic (exact) mass is 320 g/mol. The molecular weight excluding hydrogens is 304 g/mol. The van der Waals surface area contributed by atoms with E-state index in [4.69, 9.17) is 10.5 Å². The van der Waals surface area contributed by atoms with E-state index in [-0.39, 0.29) is 6.04 Å². The van der Waals surface area contributed by atoms with Crippen LogP contribution >= 0.6 is 15.9 Å². The second kappa shape index (κ2) is 5.97. The maximum Gasteiger partial charge on any atom is 0.118 e. The first-order chi connectivity index (χ1) is 9.10. The fourth-order valence-corrected chi connectivity index (χ4v) is 2.22. The summed E-state index contributed by atoms with van der Waals surface area (Å²) in [5, 5.41) is 3.41. The van der Waals surface area contributed by atoms with Crippen molar-refractivity contribution in [1.82, 2.24) is 0 Å². The van der Waals surface area contributed by atoms with Crippen molar-refractivity contribution in [3.8, 4) is 5.75 Å². The number of hydrogen-bond acceptors (Lipinski definition) is 3. The number of ether oxygens (including phenoxy) is 1. The van der Waals surface area contributed by atoms with Crippen molar-refractivity contribution in [3.05, 3.63) is 52.5 Å². The smallest absolute Gasteiger partial charge is 0.118 e. The number of nitrogen functional groups attached to an aromatic ring is 1. The molecule has 0 saturated heterocycles. The number of rotatable bonds is 4. The number of methoxy groups -OCH3 is 1. The molecule has 0 aliphatic rings. The predicted molar refractivity (Wildman–Crippen MR) is 83.6 cm³/mol.